The Labute approximate surface area is 74.0 Å². The van der Waals surface area contributed by atoms with Gasteiger partial charge >= 0.3 is 0 Å². The number of hydrogen-bond donors (Lipinski definition) is 0. The van der Waals surface area contributed by atoms with E-state index in [1.807, 2.05) is 6.92 Å². The number of carbonyl (C=O) groups excluding carboxylic acids is 1. The first kappa shape index (κ1) is 11.6. The van der Waals surface area contributed by atoms with E-state index in [0.717, 1.165) is 12.7 Å². The average molecular weight is 174 g/mol. The molecule has 0 spiro atoms. The van der Waals surface area contributed by atoms with Gasteiger partial charge in [0.2, 0.25) is 0 Å². The SMILES string of the molecule is CCOCOC[C@@H](C)CCC=O. The van der Waals surface area contributed by atoms with Gasteiger partial charge in [-0.3, -0.25) is 0 Å². The minimum absolute atomic E-state index is 0.363. The van der Waals surface area contributed by atoms with Gasteiger partial charge in [0.25, 0.3) is 0 Å². The van der Waals surface area contributed by atoms with E-state index in [-0.39, 0.29) is 0 Å². The van der Waals surface area contributed by atoms with Gasteiger partial charge < -0.3 is 14.3 Å². The van der Waals surface area contributed by atoms with Crippen molar-refractivity contribution in [2.24, 2.45) is 5.92 Å². The van der Waals surface area contributed by atoms with Crippen LogP contribution < -0.4 is 0 Å². The molecule has 0 saturated heterocycles. The third-order valence-electron chi connectivity index (χ3n) is 1.55. The Kier molecular flexibility index (Phi) is 8.39. The van der Waals surface area contributed by atoms with Gasteiger partial charge in [-0.05, 0) is 19.3 Å². The fourth-order valence-corrected chi connectivity index (χ4v) is 0.827. The van der Waals surface area contributed by atoms with Crippen LogP contribution in [0.4, 0.5) is 0 Å². The molecule has 0 aromatic rings. The standard InChI is InChI=1S/C9H18O3/c1-3-11-8-12-7-9(2)5-4-6-10/h6,9H,3-5,7-8H2,1-2H3/t9-/m0/s1. The Morgan fingerprint density at radius 3 is 2.75 bits per heavy atom. The van der Waals surface area contributed by atoms with E-state index in [1.165, 1.54) is 0 Å². The summed E-state index contributed by atoms with van der Waals surface area (Å²) in [5.74, 6) is 0.440. The highest BCUT2D eigenvalue weighted by Gasteiger charge is 2.00. The molecule has 0 amide bonds. The summed E-state index contributed by atoms with van der Waals surface area (Å²) in [4.78, 5) is 10.0. The van der Waals surface area contributed by atoms with Crippen molar-refractivity contribution in [1.82, 2.24) is 0 Å². The van der Waals surface area contributed by atoms with E-state index in [0.29, 0.717) is 32.3 Å². The van der Waals surface area contributed by atoms with Crippen LogP contribution in [-0.2, 0) is 14.3 Å². The molecule has 0 N–H and O–H groups in total. The van der Waals surface area contributed by atoms with E-state index >= 15 is 0 Å². The van der Waals surface area contributed by atoms with Crippen molar-refractivity contribution in [2.75, 3.05) is 20.0 Å². The molecule has 0 aliphatic heterocycles. The maximum Gasteiger partial charge on any atom is 0.146 e. The zero-order chi connectivity index (χ0) is 9.23. The lowest BCUT2D eigenvalue weighted by Crippen LogP contribution is -2.08. The van der Waals surface area contributed by atoms with Crippen molar-refractivity contribution in [2.45, 2.75) is 26.7 Å². The van der Waals surface area contributed by atoms with Crippen molar-refractivity contribution in [1.29, 1.82) is 0 Å². The number of carbonyl (C=O) groups is 1. The van der Waals surface area contributed by atoms with E-state index < -0.39 is 0 Å². The molecule has 0 saturated carbocycles. The second-order valence-corrected chi connectivity index (χ2v) is 2.83. The minimum Gasteiger partial charge on any atom is -0.356 e. The van der Waals surface area contributed by atoms with E-state index in [9.17, 15) is 4.79 Å². The molecule has 0 aliphatic rings. The average Bonchev–Trinajstić information content (AvgIpc) is 2.09. The Balaban J connectivity index is 3.07. The molecular formula is C9H18O3. The molecule has 72 valence electrons. The van der Waals surface area contributed by atoms with Gasteiger partial charge in [-0.15, -0.1) is 0 Å². The quantitative estimate of drug-likeness (QED) is 0.318. The molecule has 0 fully saturated rings. The Hall–Kier alpha value is -0.410. The predicted molar refractivity (Wildman–Crippen MR) is 46.9 cm³/mol. The van der Waals surface area contributed by atoms with Crippen molar-refractivity contribution in [3.63, 3.8) is 0 Å². The molecule has 3 heteroatoms. The monoisotopic (exact) mass is 174 g/mol. The molecule has 12 heavy (non-hydrogen) atoms. The Morgan fingerprint density at radius 1 is 1.42 bits per heavy atom. The number of ether oxygens (including phenoxy) is 2. The highest BCUT2D eigenvalue weighted by Crippen LogP contribution is 2.03. The van der Waals surface area contributed by atoms with Crippen molar-refractivity contribution >= 4 is 6.29 Å². The molecule has 0 heterocycles. The van der Waals surface area contributed by atoms with E-state index in [4.69, 9.17) is 9.47 Å². The molecule has 1 atom stereocenters. The highest BCUT2D eigenvalue weighted by atomic mass is 16.7. The minimum atomic E-state index is 0.363. The zero-order valence-corrected chi connectivity index (χ0v) is 7.91. The van der Waals surface area contributed by atoms with Gasteiger partial charge in [-0.1, -0.05) is 6.92 Å². The topological polar surface area (TPSA) is 35.5 Å². The van der Waals surface area contributed by atoms with Gasteiger partial charge in [-0.25, -0.2) is 0 Å². The fourth-order valence-electron chi connectivity index (χ4n) is 0.827. The third-order valence-corrected chi connectivity index (χ3v) is 1.55. The van der Waals surface area contributed by atoms with Crippen molar-refractivity contribution in [3.8, 4) is 0 Å². The molecule has 0 rings (SSSR count). The third kappa shape index (κ3) is 7.69. The summed E-state index contributed by atoms with van der Waals surface area (Å²) in [5, 5.41) is 0. The predicted octanol–water partition coefficient (Wildman–Crippen LogP) is 1.61. The zero-order valence-electron chi connectivity index (χ0n) is 7.91. The van der Waals surface area contributed by atoms with Crippen LogP contribution in [0.5, 0.6) is 0 Å². The molecule has 0 aromatic carbocycles. The largest absolute Gasteiger partial charge is 0.356 e. The maximum atomic E-state index is 10.0. The van der Waals surface area contributed by atoms with Gasteiger partial charge in [0.15, 0.2) is 0 Å². The van der Waals surface area contributed by atoms with Gasteiger partial charge in [-0.2, -0.15) is 0 Å². The summed E-state index contributed by atoms with van der Waals surface area (Å²) < 4.78 is 10.2. The summed E-state index contributed by atoms with van der Waals surface area (Å²) in [6, 6.07) is 0. The molecule has 0 radical (unpaired) electrons. The number of aldehydes is 1. The Morgan fingerprint density at radius 2 is 2.17 bits per heavy atom. The summed E-state index contributed by atoms with van der Waals surface area (Å²) in [6.45, 7) is 5.72. The second kappa shape index (κ2) is 8.68. The van der Waals surface area contributed by atoms with E-state index in [1.54, 1.807) is 0 Å². The summed E-state index contributed by atoms with van der Waals surface area (Å²) in [5.41, 5.74) is 0. The molecule has 0 aromatic heterocycles. The number of hydrogen-bond acceptors (Lipinski definition) is 3. The van der Waals surface area contributed by atoms with Gasteiger partial charge in [0.05, 0.1) is 6.61 Å². The normalized spacial score (nSPS) is 12.8. The summed E-state index contributed by atoms with van der Waals surface area (Å²) in [6.07, 6.45) is 2.47. The lowest BCUT2D eigenvalue weighted by Gasteiger charge is -2.09. The van der Waals surface area contributed by atoms with Crippen LogP contribution in [0.15, 0.2) is 0 Å². The van der Waals surface area contributed by atoms with Crippen molar-refractivity contribution < 1.29 is 14.3 Å². The lowest BCUT2D eigenvalue weighted by molar-refractivity contribution is -0.108. The van der Waals surface area contributed by atoms with E-state index in [2.05, 4.69) is 6.92 Å². The van der Waals surface area contributed by atoms with Crippen molar-refractivity contribution in [3.05, 3.63) is 0 Å². The van der Waals surface area contributed by atoms with Crippen LogP contribution in [0.3, 0.4) is 0 Å². The van der Waals surface area contributed by atoms with Crippen LogP contribution in [-0.4, -0.2) is 26.3 Å². The number of rotatable bonds is 8. The maximum absolute atomic E-state index is 10.0. The highest BCUT2D eigenvalue weighted by molar-refractivity contribution is 5.49. The first-order chi connectivity index (χ1) is 5.81. The first-order valence-electron chi connectivity index (χ1n) is 4.40. The van der Waals surface area contributed by atoms with Gasteiger partial charge in [0.1, 0.15) is 13.1 Å². The van der Waals surface area contributed by atoms with Crippen LogP contribution in [0.25, 0.3) is 0 Å². The van der Waals surface area contributed by atoms with Crippen LogP contribution in [0, 0.1) is 5.92 Å². The van der Waals surface area contributed by atoms with Crippen LogP contribution in [0.2, 0.25) is 0 Å². The Bertz CT molecular complexity index is 104. The molecule has 3 nitrogen and oxygen atoms in total. The second-order valence-electron chi connectivity index (χ2n) is 2.83. The lowest BCUT2D eigenvalue weighted by atomic mass is 10.1. The fraction of sp³-hybridized carbons (Fsp3) is 0.889. The smallest absolute Gasteiger partial charge is 0.146 e. The molecule has 0 unspecified atom stereocenters. The van der Waals surface area contributed by atoms with Gasteiger partial charge in [0, 0.05) is 13.0 Å². The summed E-state index contributed by atoms with van der Waals surface area (Å²) in [7, 11) is 0. The first-order valence-corrected chi connectivity index (χ1v) is 4.40. The molecule has 0 bridgehead atoms. The summed E-state index contributed by atoms with van der Waals surface area (Å²) >= 11 is 0. The van der Waals surface area contributed by atoms with Crippen LogP contribution in [0.1, 0.15) is 26.7 Å². The van der Waals surface area contributed by atoms with Crippen LogP contribution >= 0.6 is 0 Å². The molecular weight excluding hydrogens is 156 g/mol. The molecule has 0 aliphatic carbocycles.